The molecule has 0 aliphatic rings. The Bertz CT molecular complexity index is 287. The van der Waals surface area contributed by atoms with Crippen LogP contribution in [0.4, 0.5) is 0 Å². The van der Waals surface area contributed by atoms with Gasteiger partial charge in [0.1, 0.15) is 0 Å². The van der Waals surface area contributed by atoms with Gasteiger partial charge in [-0.2, -0.15) is 5.26 Å². The Labute approximate surface area is 95.9 Å². The standard InChI is InChI=1S/C12H18N2S/c1-2-11(12-7-6-10-15-12)14-9-5-3-4-8-13/h6-7,10-11,14H,2-5,9H2,1H3. The van der Waals surface area contributed by atoms with Crippen LogP contribution < -0.4 is 5.32 Å². The molecule has 0 saturated carbocycles. The number of hydrogen-bond donors (Lipinski definition) is 1. The van der Waals surface area contributed by atoms with Gasteiger partial charge in [-0.05, 0) is 37.3 Å². The summed E-state index contributed by atoms with van der Waals surface area (Å²) in [4.78, 5) is 1.41. The van der Waals surface area contributed by atoms with E-state index in [1.165, 1.54) is 4.88 Å². The molecular weight excluding hydrogens is 204 g/mol. The normalized spacial score (nSPS) is 12.3. The van der Waals surface area contributed by atoms with E-state index in [-0.39, 0.29) is 0 Å². The predicted molar refractivity (Wildman–Crippen MR) is 64.8 cm³/mol. The van der Waals surface area contributed by atoms with E-state index >= 15 is 0 Å². The molecule has 82 valence electrons. The first-order chi connectivity index (χ1) is 7.38. The molecule has 0 aromatic carbocycles. The number of thiophene rings is 1. The molecule has 0 aliphatic heterocycles. The summed E-state index contributed by atoms with van der Waals surface area (Å²) in [6, 6.07) is 6.94. The van der Waals surface area contributed by atoms with E-state index < -0.39 is 0 Å². The Morgan fingerprint density at radius 1 is 1.53 bits per heavy atom. The molecule has 1 rings (SSSR count). The molecule has 0 amide bonds. The zero-order valence-electron chi connectivity index (χ0n) is 9.20. The van der Waals surface area contributed by atoms with Crippen LogP contribution in [0.1, 0.15) is 43.5 Å². The summed E-state index contributed by atoms with van der Waals surface area (Å²) >= 11 is 1.81. The number of unbranched alkanes of at least 4 members (excludes halogenated alkanes) is 2. The van der Waals surface area contributed by atoms with Crippen LogP contribution in [0.25, 0.3) is 0 Å². The topological polar surface area (TPSA) is 35.8 Å². The van der Waals surface area contributed by atoms with E-state index in [0.717, 1.165) is 25.8 Å². The first kappa shape index (κ1) is 12.2. The van der Waals surface area contributed by atoms with Crippen LogP contribution in [0, 0.1) is 11.3 Å². The lowest BCUT2D eigenvalue weighted by Gasteiger charge is -2.14. The van der Waals surface area contributed by atoms with Crippen molar-refractivity contribution in [1.82, 2.24) is 5.32 Å². The summed E-state index contributed by atoms with van der Waals surface area (Å²) in [7, 11) is 0. The van der Waals surface area contributed by atoms with Crippen molar-refractivity contribution in [3.63, 3.8) is 0 Å². The molecule has 1 aromatic heterocycles. The molecule has 0 spiro atoms. The SMILES string of the molecule is CCC(NCCCCC#N)c1cccs1. The van der Waals surface area contributed by atoms with Crippen molar-refractivity contribution >= 4 is 11.3 Å². The molecule has 0 fully saturated rings. The quantitative estimate of drug-likeness (QED) is 0.717. The van der Waals surface area contributed by atoms with Gasteiger partial charge in [-0.3, -0.25) is 0 Å². The fourth-order valence-electron chi connectivity index (χ4n) is 1.54. The van der Waals surface area contributed by atoms with Crippen molar-refractivity contribution in [3.8, 4) is 6.07 Å². The van der Waals surface area contributed by atoms with Gasteiger partial charge in [0.2, 0.25) is 0 Å². The van der Waals surface area contributed by atoms with Gasteiger partial charge < -0.3 is 5.32 Å². The fourth-order valence-corrected chi connectivity index (χ4v) is 2.43. The van der Waals surface area contributed by atoms with Gasteiger partial charge in [0.15, 0.2) is 0 Å². The zero-order valence-corrected chi connectivity index (χ0v) is 10.0. The van der Waals surface area contributed by atoms with Crippen molar-refractivity contribution in [1.29, 1.82) is 5.26 Å². The second-order valence-corrected chi connectivity index (χ2v) is 4.52. The summed E-state index contributed by atoms with van der Waals surface area (Å²) in [5, 5.41) is 14.1. The third kappa shape index (κ3) is 4.46. The third-order valence-corrected chi connectivity index (χ3v) is 3.39. The Morgan fingerprint density at radius 3 is 3.00 bits per heavy atom. The van der Waals surface area contributed by atoms with Crippen LogP contribution in [-0.4, -0.2) is 6.54 Å². The molecular formula is C12H18N2S. The molecule has 1 unspecified atom stereocenters. The second-order valence-electron chi connectivity index (χ2n) is 3.55. The van der Waals surface area contributed by atoms with Gasteiger partial charge in [0.25, 0.3) is 0 Å². The molecule has 0 bridgehead atoms. The van der Waals surface area contributed by atoms with Crippen molar-refractivity contribution in [3.05, 3.63) is 22.4 Å². The van der Waals surface area contributed by atoms with Crippen LogP contribution in [-0.2, 0) is 0 Å². The van der Waals surface area contributed by atoms with Gasteiger partial charge in [-0.15, -0.1) is 11.3 Å². The van der Waals surface area contributed by atoms with Crippen molar-refractivity contribution < 1.29 is 0 Å². The Balaban J connectivity index is 2.21. The molecule has 0 radical (unpaired) electrons. The lowest BCUT2D eigenvalue weighted by molar-refractivity contribution is 0.511. The molecule has 1 atom stereocenters. The number of rotatable bonds is 7. The number of nitrogens with one attached hydrogen (secondary N) is 1. The Kier molecular flexibility index (Phi) is 6.06. The molecule has 1 aromatic rings. The highest BCUT2D eigenvalue weighted by atomic mass is 32.1. The van der Waals surface area contributed by atoms with Crippen LogP contribution in [0.5, 0.6) is 0 Å². The Hall–Kier alpha value is -0.850. The average Bonchev–Trinajstić information content (AvgIpc) is 2.77. The minimum Gasteiger partial charge on any atom is -0.309 e. The summed E-state index contributed by atoms with van der Waals surface area (Å²) < 4.78 is 0. The van der Waals surface area contributed by atoms with E-state index in [2.05, 4.69) is 35.8 Å². The van der Waals surface area contributed by atoms with Crippen LogP contribution in [0.3, 0.4) is 0 Å². The van der Waals surface area contributed by atoms with Crippen molar-refractivity contribution in [2.24, 2.45) is 0 Å². The van der Waals surface area contributed by atoms with Gasteiger partial charge in [-0.25, -0.2) is 0 Å². The van der Waals surface area contributed by atoms with E-state index in [0.29, 0.717) is 12.5 Å². The zero-order chi connectivity index (χ0) is 10.9. The first-order valence-corrected chi connectivity index (χ1v) is 6.40. The number of hydrogen-bond acceptors (Lipinski definition) is 3. The summed E-state index contributed by atoms with van der Waals surface area (Å²) in [6.45, 7) is 3.21. The summed E-state index contributed by atoms with van der Waals surface area (Å²) in [5.74, 6) is 0. The highest BCUT2D eigenvalue weighted by molar-refractivity contribution is 7.10. The predicted octanol–water partition coefficient (Wildman–Crippen LogP) is 3.48. The maximum Gasteiger partial charge on any atom is 0.0621 e. The third-order valence-electron chi connectivity index (χ3n) is 2.40. The average molecular weight is 222 g/mol. The molecule has 15 heavy (non-hydrogen) atoms. The highest BCUT2D eigenvalue weighted by Crippen LogP contribution is 2.21. The van der Waals surface area contributed by atoms with Gasteiger partial charge >= 0.3 is 0 Å². The van der Waals surface area contributed by atoms with E-state index in [4.69, 9.17) is 5.26 Å². The first-order valence-electron chi connectivity index (χ1n) is 5.52. The number of nitriles is 1. The summed E-state index contributed by atoms with van der Waals surface area (Å²) in [5.41, 5.74) is 0. The van der Waals surface area contributed by atoms with Crippen molar-refractivity contribution in [2.75, 3.05) is 6.54 Å². The molecule has 3 heteroatoms. The minimum atomic E-state index is 0.493. The van der Waals surface area contributed by atoms with Gasteiger partial charge in [-0.1, -0.05) is 13.0 Å². The van der Waals surface area contributed by atoms with Gasteiger partial charge in [0.05, 0.1) is 6.07 Å². The highest BCUT2D eigenvalue weighted by Gasteiger charge is 2.08. The van der Waals surface area contributed by atoms with Crippen molar-refractivity contribution in [2.45, 2.75) is 38.6 Å². The fraction of sp³-hybridized carbons (Fsp3) is 0.583. The minimum absolute atomic E-state index is 0.493. The largest absolute Gasteiger partial charge is 0.309 e. The number of nitrogens with zero attached hydrogens (tertiary/aromatic N) is 1. The van der Waals surface area contributed by atoms with E-state index in [1.807, 2.05) is 11.3 Å². The Morgan fingerprint density at radius 2 is 2.40 bits per heavy atom. The summed E-state index contributed by atoms with van der Waals surface area (Å²) in [6.07, 6.45) is 3.90. The van der Waals surface area contributed by atoms with Gasteiger partial charge in [0, 0.05) is 17.3 Å². The lowest BCUT2D eigenvalue weighted by Crippen LogP contribution is -2.20. The van der Waals surface area contributed by atoms with E-state index in [1.54, 1.807) is 0 Å². The smallest absolute Gasteiger partial charge is 0.0621 e. The molecule has 1 N–H and O–H groups in total. The monoisotopic (exact) mass is 222 g/mol. The maximum absolute atomic E-state index is 8.40. The lowest BCUT2D eigenvalue weighted by atomic mass is 10.1. The molecule has 0 aliphatic carbocycles. The maximum atomic E-state index is 8.40. The van der Waals surface area contributed by atoms with Crippen LogP contribution in [0.2, 0.25) is 0 Å². The van der Waals surface area contributed by atoms with Crippen LogP contribution >= 0.6 is 11.3 Å². The molecule has 1 heterocycles. The van der Waals surface area contributed by atoms with E-state index in [9.17, 15) is 0 Å². The molecule has 0 saturated heterocycles. The second kappa shape index (κ2) is 7.44. The molecule has 2 nitrogen and oxygen atoms in total. The van der Waals surface area contributed by atoms with Crippen LogP contribution in [0.15, 0.2) is 17.5 Å².